The Bertz CT molecular complexity index is 1470. The number of sulfonamides is 1. The third-order valence-electron chi connectivity index (χ3n) is 7.87. The quantitative estimate of drug-likeness (QED) is 0.323. The number of ether oxygens (including phenoxy) is 1. The van der Waals surface area contributed by atoms with Gasteiger partial charge in [0.2, 0.25) is 11.8 Å². The number of amides is 2. The maximum atomic E-state index is 14.2. The van der Waals surface area contributed by atoms with E-state index in [-0.39, 0.29) is 23.4 Å². The van der Waals surface area contributed by atoms with Gasteiger partial charge in [-0.25, -0.2) is 8.42 Å². The molecule has 224 valence electrons. The number of methoxy groups -OCH3 is 1. The minimum Gasteiger partial charge on any atom is -0.497 e. The molecule has 1 aliphatic carbocycles. The fourth-order valence-corrected chi connectivity index (χ4v) is 6.79. The Morgan fingerprint density at radius 1 is 0.952 bits per heavy atom. The van der Waals surface area contributed by atoms with Crippen LogP contribution in [0.25, 0.3) is 0 Å². The molecule has 0 radical (unpaired) electrons. The van der Waals surface area contributed by atoms with E-state index in [0.29, 0.717) is 11.4 Å². The number of aryl methyl sites for hydroxylation is 2. The fraction of sp³-hybridized carbons (Fsp3) is 0.394. The molecule has 1 atom stereocenters. The van der Waals surface area contributed by atoms with Gasteiger partial charge in [0.15, 0.2) is 0 Å². The highest BCUT2D eigenvalue weighted by molar-refractivity contribution is 7.92. The largest absolute Gasteiger partial charge is 0.497 e. The molecule has 3 aromatic carbocycles. The van der Waals surface area contributed by atoms with Crippen LogP contribution in [0.15, 0.2) is 77.7 Å². The lowest BCUT2D eigenvalue weighted by Crippen LogP contribution is -2.53. The number of carbonyl (C=O) groups excluding carboxylic acids is 2. The molecule has 1 aliphatic rings. The van der Waals surface area contributed by atoms with Crippen molar-refractivity contribution in [1.29, 1.82) is 0 Å². The monoisotopic (exact) mass is 591 g/mol. The maximum Gasteiger partial charge on any atom is 0.264 e. The van der Waals surface area contributed by atoms with Crippen molar-refractivity contribution >= 4 is 27.5 Å². The van der Waals surface area contributed by atoms with E-state index in [4.69, 9.17) is 4.74 Å². The molecule has 0 unspecified atom stereocenters. The fourth-order valence-electron chi connectivity index (χ4n) is 5.30. The van der Waals surface area contributed by atoms with Crippen LogP contribution in [-0.4, -0.2) is 50.9 Å². The van der Waals surface area contributed by atoms with Crippen molar-refractivity contribution < 1.29 is 22.7 Å². The van der Waals surface area contributed by atoms with Crippen LogP contribution in [0.2, 0.25) is 0 Å². The molecule has 0 aliphatic heterocycles. The number of rotatable bonds is 11. The summed E-state index contributed by atoms with van der Waals surface area (Å²) in [4.78, 5) is 29.2. The summed E-state index contributed by atoms with van der Waals surface area (Å²) in [5.41, 5.74) is 2.81. The van der Waals surface area contributed by atoms with Gasteiger partial charge in [0.1, 0.15) is 18.3 Å². The van der Waals surface area contributed by atoms with Gasteiger partial charge in [0.25, 0.3) is 10.0 Å². The molecule has 0 heterocycles. The standard InChI is InChI=1S/C33H41N3O5S/c1-24-15-16-25(2)31(21-24)36(42(39,40)30-13-9-6-10-14-30)23-32(37)35(22-27-17-19-29(41-4)20-18-27)26(3)33(38)34-28-11-7-5-8-12-28/h6,9-10,13-21,26,28H,5,7-8,11-12,22-23H2,1-4H3,(H,34,38)/t26-/m1/s1. The van der Waals surface area contributed by atoms with Gasteiger partial charge in [-0.3, -0.25) is 13.9 Å². The summed E-state index contributed by atoms with van der Waals surface area (Å²) >= 11 is 0. The summed E-state index contributed by atoms with van der Waals surface area (Å²) in [5.74, 6) is -0.0414. The first kappa shape index (κ1) is 31.1. The number of hydrogen-bond acceptors (Lipinski definition) is 5. The van der Waals surface area contributed by atoms with Gasteiger partial charge in [0, 0.05) is 12.6 Å². The van der Waals surface area contributed by atoms with Crippen LogP contribution in [0.5, 0.6) is 5.75 Å². The molecule has 0 spiro atoms. The highest BCUT2D eigenvalue weighted by Crippen LogP contribution is 2.29. The van der Waals surface area contributed by atoms with Crippen LogP contribution in [0.3, 0.4) is 0 Å². The molecule has 1 N–H and O–H groups in total. The van der Waals surface area contributed by atoms with Crippen LogP contribution in [0.4, 0.5) is 5.69 Å². The molecule has 42 heavy (non-hydrogen) atoms. The van der Waals surface area contributed by atoms with Gasteiger partial charge in [-0.1, -0.05) is 61.7 Å². The average molecular weight is 592 g/mol. The third-order valence-corrected chi connectivity index (χ3v) is 9.65. The highest BCUT2D eigenvalue weighted by atomic mass is 32.2. The predicted molar refractivity (Wildman–Crippen MR) is 165 cm³/mol. The lowest BCUT2D eigenvalue weighted by atomic mass is 9.95. The maximum absolute atomic E-state index is 14.2. The molecular formula is C33H41N3O5S. The Balaban J connectivity index is 1.69. The van der Waals surface area contributed by atoms with Crippen LogP contribution in [0.1, 0.15) is 55.7 Å². The van der Waals surface area contributed by atoms with Gasteiger partial charge >= 0.3 is 0 Å². The molecule has 9 heteroatoms. The van der Waals surface area contributed by atoms with Crippen molar-refractivity contribution in [2.45, 2.75) is 76.4 Å². The zero-order valence-electron chi connectivity index (χ0n) is 24.9. The molecule has 3 aromatic rings. The van der Waals surface area contributed by atoms with Crippen LogP contribution >= 0.6 is 0 Å². The zero-order chi connectivity index (χ0) is 30.3. The topological polar surface area (TPSA) is 96.0 Å². The van der Waals surface area contributed by atoms with Crippen LogP contribution < -0.4 is 14.4 Å². The molecule has 8 nitrogen and oxygen atoms in total. The summed E-state index contributed by atoms with van der Waals surface area (Å²) in [6.45, 7) is 5.08. The van der Waals surface area contributed by atoms with E-state index in [1.165, 1.54) is 21.3 Å². The van der Waals surface area contributed by atoms with E-state index in [0.717, 1.165) is 48.8 Å². The van der Waals surface area contributed by atoms with Crippen LogP contribution in [-0.2, 0) is 26.2 Å². The molecule has 0 bridgehead atoms. The Kier molecular flexibility index (Phi) is 10.3. The number of nitrogens with zero attached hydrogens (tertiary/aromatic N) is 2. The highest BCUT2D eigenvalue weighted by Gasteiger charge is 2.33. The molecule has 0 aromatic heterocycles. The van der Waals surface area contributed by atoms with Gasteiger partial charge in [-0.05, 0) is 80.6 Å². The van der Waals surface area contributed by atoms with Gasteiger partial charge < -0.3 is 15.0 Å². The SMILES string of the molecule is COc1ccc(CN(C(=O)CN(c2cc(C)ccc2C)S(=O)(=O)c2ccccc2)[C@H](C)C(=O)NC2CCCCC2)cc1. The van der Waals surface area contributed by atoms with Crippen molar-refractivity contribution in [2.24, 2.45) is 0 Å². The third kappa shape index (κ3) is 7.50. The van der Waals surface area contributed by atoms with Crippen LogP contribution in [0, 0.1) is 13.8 Å². The summed E-state index contributed by atoms with van der Waals surface area (Å²) in [7, 11) is -2.52. The minimum absolute atomic E-state index is 0.0801. The van der Waals surface area contributed by atoms with E-state index >= 15 is 0 Å². The average Bonchev–Trinajstić information content (AvgIpc) is 3.00. The molecule has 4 rings (SSSR count). The van der Waals surface area contributed by atoms with Gasteiger partial charge in [0.05, 0.1) is 17.7 Å². The number of benzene rings is 3. The van der Waals surface area contributed by atoms with Crippen molar-refractivity contribution in [3.8, 4) is 5.75 Å². The van der Waals surface area contributed by atoms with E-state index in [1.807, 2.05) is 38.1 Å². The van der Waals surface area contributed by atoms with E-state index in [1.54, 1.807) is 50.4 Å². The second-order valence-electron chi connectivity index (χ2n) is 11.0. The second-order valence-corrected chi connectivity index (χ2v) is 12.9. The lowest BCUT2D eigenvalue weighted by molar-refractivity contribution is -0.139. The first-order valence-corrected chi connectivity index (χ1v) is 15.9. The lowest BCUT2D eigenvalue weighted by Gasteiger charge is -2.33. The zero-order valence-corrected chi connectivity index (χ0v) is 25.7. The number of carbonyl (C=O) groups is 2. The minimum atomic E-state index is -4.10. The number of anilines is 1. The van der Waals surface area contributed by atoms with E-state index < -0.39 is 28.5 Å². The number of nitrogens with one attached hydrogen (secondary N) is 1. The van der Waals surface area contributed by atoms with Crippen molar-refractivity contribution in [3.63, 3.8) is 0 Å². The summed E-state index contributed by atoms with van der Waals surface area (Å²) in [6.07, 6.45) is 5.13. The normalized spacial score (nSPS) is 14.6. The molecule has 1 saturated carbocycles. The van der Waals surface area contributed by atoms with Gasteiger partial charge in [-0.2, -0.15) is 0 Å². The smallest absolute Gasteiger partial charge is 0.264 e. The van der Waals surface area contributed by atoms with Crippen molar-refractivity contribution in [1.82, 2.24) is 10.2 Å². The second kappa shape index (κ2) is 13.9. The van der Waals surface area contributed by atoms with Gasteiger partial charge in [-0.15, -0.1) is 0 Å². The molecule has 1 fully saturated rings. The Hall–Kier alpha value is -3.85. The molecule has 2 amide bonds. The predicted octanol–water partition coefficient (Wildman–Crippen LogP) is 5.37. The summed E-state index contributed by atoms with van der Waals surface area (Å²) in [5, 5.41) is 3.13. The first-order chi connectivity index (χ1) is 20.1. The summed E-state index contributed by atoms with van der Waals surface area (Å²) in [6, 6.07) is 20.2. The van der Waals surface area contributed by atoms with Crippen molar-refractivity contribution in [2.75, 3.05) is 18.0 Å². The first-order valence-electron chi connectivity index (χ1n) is 14.5. The van der Waals surface area contributed by atoms with Crippen molar-refractivity contribution in [3.05, 3.63) is 89.5 Å². The van der Waals surface area contributed by atoms with E-state index in [2.05, 4.69) is 5.32 Å². The number of hydrogen-bond donors (Lipinski definition) is 1. The molecular weight excluding hydrogens is 550 g/mol. The summed E-state index contributed by atoms with van der Waals surface area (Å²) < 4.78 is 34.5. The Labute approximate surface area is 249 Å². The Morgan fingerprint density at radius 3 is 2.26 bits per heavy atom. The Morgan fingerprint density at radius 2 is 1.62 bits per heavy atom. The molecule has 0 saturated heterocycles. The van der Waals surface area contributed by atoms with E-state index in [9.17, 15) is 18.0 Å².